The van der Waals surface area contributed by atoms with Gasteiger partial charge in [0.25, 0.3) is 11.5 Å². The van der Waals surface area contributed by atoms with Gasteiger partial charge in [0, 0.05) is 25.4 Å². The lowest BCUT2D eigenvalue weighted by atomic mass is 10.00. The molecule has 34 heavy (non-hydrogen) atoms. The van der Waals surface area contributed by atoms with Crippen LogP contribution in [0.15, 0.2) is 16.9 Å². The Labute approximate surface area is 198 Å². The molecule has 1 aliphatic heterocycles. The maximum atomic E-state index is 12.5. The van der Waals surface area contributed by atoms with Gasteiger partial charge in [-0.05, 0) is 25.0 Å². The number of aromatic nitrogens is 2. The van der Waals surface area contributed by atoms with Crippen molar-refractivity contribution in [1.29, 1.82) is 0 Å². The number of carbonyl (C=O) groups is 3. The zero-order chi connectivity index (χ0) is 24.8. The molecule has 0 saturated heterocycles. The molecule has 2 aromatic rings. The first-order valence-electron chi connectivity index (χ1n) is 10.4. The van der Waals surface area contributed by atoms with Crippen LogP contribution in [0.1, 0.15) is 40.4 Å². The van der Waals surface area contributed by atoms with Gasteiger partial charge in [-0.3, -0.25) is 19.4 Å². The Morgan fingerprint density at radius 2 is 2.15 bits per heavy atom. The molecule has 0 saturated carbocycles. The number of hydrogen-bond acceptors (Lipinski definition) is 9. The molecule has 180 valence electrons. The molecule has 0 bridgehead atoms. The van der Waals surface area contributed by atoms with Crippen LogP contribution in [0.2, 0.25) is 0 Å². The third kappa shape index (κ3) is 5.84. The molecule has 1 aliphatic rings. The van der Waals surface area contributed by atoms with Crippen LogP contribution in [-0.4, -0.2) is 63.7 Å². The number of aromatic amines is 1. The predicted molar refractivity (Wildman–Crippen MR) is 126 cm³/mol. The molecule has 1 unspecified atom stereocenters. The lowest BCUT2D eigenvalue weighted by Crippen LogP contribution is -2.40. The predicted octanol–water partition coefficient (Wildman–Crippen LogP) is 0.500. The van der Waals surface area contributed by atoms with E-state index in [0.29, 0.717) is 35.9 Å². The van der Waals surface area contributed by atoms with Gasteiger partial charge in [-0.15, -0.1) is 17.8 Å². The molecule has 2 aromatic heterocycles. The maximum Gasteiger partial charge on any atom is 0.326 e. The lowest BCUT2D eigenvalue weighted by molar-refractivity contribution is -0.140. The van der Waals surface area contributed by atoms with Crippen molar-refractivity contribution in [2.75, 3.05) is 35.6 Å². The van der Waals surface area contributed by atoms with Crippen LogP contribution in [0.5, 0.6) is 0 Å². The molecule has 0 aromatic carbocycles. The molecule has 12 nitrogen and oxygen atoms in total. The highest BCUT2D eigenvalue weighted by Gasteiger charge is 2.28. The number of carboxylic acid groups (broad SMARTS) is 2. The fourth-order valence-corrected chi connectivity index (χ4v) is 4.58. The van der Waals surface area contributed by atoms with E-state index in [1.165, 1.54) is 0 Å². The van der Waals surface area contributed by atoms with Crippen LogP contribution in [0, 0.1) is 12.3 Å². The SMILES string of the molecule is C#CCN(CCC1CNc2nc(N)[nH]c(=O)c21)c1ccc(C(=O)N[C@@H](CCC(=O)O)C(=O)O)s1. The molecular formula is C21H24N6O6S. The second-order valence-corrected chi connectivity index (χ2v) is 8.70. The van der Waals surface area contributed by atoms with E-state index in [2.05, 4.69) is 26.5 Å². The second-order valence-electron chi connectivity index (χ2n) is 7.64. The smallest absolute Gasteiger partial charge is 0.326 e. The molecule has 0 spiro atoms. The maximum absolute atomic E-state index is 12.5. The van der Waals surface area contributed by atoms with E-state index in [1.54, 1.807) is 12.1 Å². The Hall–Kier alpha value is -4.05. The van der Waals surface area contributed by atoms with Gasteiger partial charge in [-0.25, -0.2) is 4.79 Å². The Morgan fingerprint density at radius 3 is 2.82 bits per heavy atom. The zero-order valence-electron chi connectivity index (χ0n) is 18.0. The highest BCUT2D eigenvalue weighted by molar-refractivity contribution is 7.18. The van der Waals surface area contributed by atoms with Gasteiger partial charge in [-0.1, -0.05) is 5.92 Å². The Bertz CT molecular complexity index is 1190. The number of carbonyl (C=O) groups excluding carboxylic acids is 1. The van der Waals surface area contributed by atoms with Crippen molar-refractivity contribution in [3.05, 3.63) is 32.9 Å². The average Bonchev–Trinajstić information content (AvgIpc) is 3.41. The largest absolute Gasteiger partial charge is 0.481 e. The Morgan fingerprint density at radius 1 is 1.38 bits per heavy atom. The van der Waals surface area contributed by atoms with E-state index in [-0.39, 0.29) is 41.7 Å². The molecular weight excluding hydrogens is 464 g/mol. The molecule has 13 heteroatoms. The van der Waals surface area contributed by atoms with E-state index in [9.17, 15) is 24.3 Å². The molecule has 0 aliphatic carbocycles. The van der Waals surface area contributed by atoms with Gasteiger partial charge in [-0.2, -0.15) is 4.98 Å². The lowest BCUT2D eigenvalue weighted by Gasteiger charge is -2.22. The second kappa shape index (κ2) is 10.7. The molecule has 3 heterocycles. The first-order valence-corrected chi connectivity index (χ1v) is 11.2. The number of terminal acetylenes is 1. The summed E-state index contributed by atoms with van der Waals surface area (Å²) >= 11 is 1.14. The van der Waals surface area contributed by atoms with E-state index in [4.69, 9.17) is 17.3 Å². The number of fused-ring (bicyclic) bond motifs is 1. The van der Waals surface area contributed by atoms with Gasteiger partial charge >= 0.3 is 11.9 Å². The number of nitrogens with two attached hydrogens (primary N) is 1. The molecule has 0 radical (unpaired) electrons. The van der Waals surface area contributed by atoms with Crippen LogP contribution >= 0.6 is 11.3 Å². The number of thiophene rings is 1. The summed E-state index contributed by atoms with van der Waals surface area (Å²) in [6.45, 7) is 1.29. The number of carboxylic acids is 2. The monoisotopic (exact) mass is 488 g/mol. The normalized spacial score (nSPS) is 15.0. The number of anilines is 3. The van der Waals surface area contributed by atoms with E-state index in [1.807, 2.05) is 4.90 Å². The van der Waals surface area contributed by atoms with E-state index in [0.717, 1.165) is 11.3 Å². The van der Waals surface area contributed by atoms with Crippen LogP contribution in [0.4, 0.5) is 16.8 Å². The molecule has 7 N–H and O–H groups in total. The first kappa shape index (κ1) is 24.6. The highest BCUT2D eigenvalue weighted by Crippen LogP contribution is 2.31. The minimum atomic E-state index is -1.31. The molecule has 2 atom stereocenters. The fraction of sp³-hybridized carbons (Fsp3) is 0.381. The van der Waals surface area contributed by atoms with Gasteiger partial charge in [0.2, 0.25) is 5.95 Å². The van der Waals surface area contributed by atoms with Crippen LogP contribution in [-0.2, 0) is 9.59 Å². The van der Waals surface area contributed by atoms with Crippen molar-refractivity contribution in [3.63, 3.8) is 0 Å². The van der Waals surface area contributed by atoms with Crippen molar-refractivity contribution in [2.24, 2.45) is 0 Å². The fourth-order valence-electron chi connectivity index (χ4n) is 3.64. The van der Waals surface area contributed by atoms with Crippen LogP contribution in [0.25, 0.3) is 0 Å². The topological polar surface area (TPSA) is 191 Å². The summed E-state index contributed by atoms with van der Waals surface area (Å²) in [5.41, 5.74) is 5.85. The quantitative estimate of drug-likeness (QED) is 0.243. The standard InChI is InChI=1S/C21H24N6O6S/c1-2-8-27(9-7-11-10-23-17-16(11)19(31)26-21(22)25-17)14-5-4-13(34-14)18(30)24-12(20(32)33)3-6-15(28)29/h1,4-5,11-12H,3,6-10H2,(H,24,30)(H,28,29)(H,32,33)(H4,22,23,25,26,31)/t11?,12-/m0/s1. The van der Waals surface area contributed by atoms with E-state index < -0.39 is 23.9 Å². The number of nitrogens with zero attached hydrogens (tertiary/aromatic N) is 2. The van der Waals surface area contributed by atoms with Crippen molar-refractivity contribution < 1.29 is 24.6 Å². The molecule has 0 fully saturated rings. The van der Waals surface area contributed by atoms with Crippen molar-refractivity contribution in [1.82, 2.24) is 15.3 Å². The summed E-state index contributed by atoms with van der Waals surface area (Å²) in [7, 11) is 0. The van der Waals surface area contributed by atoms with Crippen molar-refractivity contribution in [3.8, 4) is 12.3 Å². The number of aliphatic carboxylic acids is 2. The van der Waals surface area contributed by atoms with Gasteiger partial charge < -0.3 is 31.5 Å². The van der Waals surface area contributed by atoms with E-state index >= 15 is 0 Å². The average molecular weight is 489 g/mol. The highest BCUT2D eigenvalue weighted by atomic mass is 32.1. The summed E-state index contributed by atoms with van der Waals surface area (Å²) in [5.74, 6) is -0.0688. The van der Waals surface area contributed by atoms with Gasteiger partial charge in [0.1, 0.15) is 11.9 Å². The van der Waals surface area contributed by atoms with Crippen LogP contribution < -0.4 is 26.8 Å². The summed E-state index contributed by atoms with van der Waals surface area (Å²) < 4.78 is 0. The molecule has 1 amide bonds. The van der Waals surface area contributed by atoms with Crippen molar-refractivity contribution >= 4 is 45.9 Å². The van der Waals surface area contributed by atoms with Gasteiger partial charge in [0.15, 0.2) is 0 Å². The zero-order valence-corrected chi connectivity index (χ0v) is 18.9. The number of H-pyrrole nitrogens is 1. The number of nitrogen functional groups attached to an aromatic ring is 1. The number of amides is 1. The Kier molecular flexibility index (Phi) is 7.75. The molecule has 3 rings (SSSR count). The third-order valence-electron chi connectivity index (χ3n) is 5.30. The van der Waals surface area contributed by atoms with Crippen molar-refractivity contribution in [2.45, 2.75) is 31.2 Å². The summed E-state index contributed by atoms with van der Waals surface area (Å²) in [5, 5.41) is 24.2. The summed E-state index contributed by atoms with van der Waals surface area (Å²) in [6, 6.07) is 1.95. The number of hydrogen-bond donors (Lipinski definition) is 6. The summed E-state index contributed by atoms with van der Waals surface area (Å²) in [6.07, 6.45) is 5.50. The number of nitrogens with one attached hydrogen (secondary N) is 3. The third-order valence-corrected chi connectivity index (χ3v) is 6.45. The minimum absolute atomic E-state index is 0.0448. The van der Waals surface area contributed by atoms with Gasteiger partial charge in [0.05, 0.1) is 22.0 Å². The minimum Gasteiger partial charge on any atom is -0.481 e. The summed E-state index contributed by atoms with van der Waals surface area (Å²) in [4.78, 5) is 55.7. The first-order chi connectivity index (χ1) is 16.2. The Balaban J connectivity index is 1.67. The van der Waals surface area contributed by atoms with Crippen LogP contribution in [0.3, 0.4) is 0 Å². The number of rotatable bonds is 11.